The van der Waals surface area contributed by atoms with Gasteiger partial charge in [0.05, 0.1) is 24.4 Å². The summed E-state index contributed by atoms with van der Waals surface area (Å²) in [6.07, 6.45) is 0.0468. The van der Waals surface area contributed by atoms with Crippen LogP contribution in [0.5, 0.6) is 5.75 Å². The van der Waals surface area contributed by atoms with Crippen molar-refractivity contribution in [1.29, 1.82) is 5.26 Å². The summed E-state index contributed by atoms with van der Waals surface area (Å²) in [5.41, 5.74) is 2.01. The topological polar surface area (TPSA) is 100 Å². The van der Waals surface area contributed by atoms with Crippen LogP contribution in [0.25, 0.3) is 5.69 Å². The molecular formula is C23H20ClN5O3. The number of nitrogens with zero attached hydrogens (tertiary/aromatic N) is 4. The molecule has 2 amide bonds. The lowest BCUT2D eigenvalue weighted by atomic mass is 10.1. The lowest BCUT2D eigenvalue weighted by Gasteiger charge is -2.20. The predicted octanol–water partition coefficient (Wildman–Crippen LogP) is 3.71. The minimum absolute atomic E-state index is 0.0468. The Morgan fingerprint density at radius 2 is 2.03 bits per heavy atom. The van der Waals surface area contributed by atoms with Gasteiger partial charge in [-0.05, 0) is 37.3 Å². The van der Waals surface area contributed by atoms with Gasteiger partial charge in [0.1, 0.15) is 17.6 Å². The van der Waals surface area contributed by atoms with Gasteiger partial charge in [-0.1, -0.05) is 29.8 Å². The van der Waals surface area contributed by atoms with Crippen molar-refractivity contribution in [2.45, 2.75) is 13.3 Å². The number of methoxy groups -OCH3 is 1. The van der Waals surface area contributed by atoms with Crippen LogP contribution in [0, 0.1) is 24.2 Å². The van der Waals surface area contributed by atoms with Gasteiger partial charge in [-0.2, -0.15) is 10.4 Å². The minimum atomic E-state index is -0.588. The van der Waals surface area contributed by atoms with Gasteiger partial charge in [-0.15, -0.1) is 0 Å². The van der Waals surface area contributed by atoms with Gasteiger partial charge < -0.3 is 15.0 Å². The Balaban J connectivity index is 1.60. The summed E-state index contributed by atoms with van der Waals surface area (Å²) in [5, 5.41) is 17.1. The first-order valence-electron chi connectivity index (χ1n) is 9.92. The summed E-state index contributed by atoms with van der Waals surface area (Å²) in [7, 11) is 1.51. The van der Waals surface area contributed by atoms with Crippen LogP contribution in [0.3, 0.4) is 0 Å². The van der Waals surface area contributed by atoms with Crippen molar-refractivity contribution in [1.82, 2.24) is 9.78 Å². The monoisotopic (exact) mass is 449 g/mol. The molecule has 1 saturated heterocycles. The second kappa shape index (κ2) is 8.73. The van der Waals surface area contributed by atoms with Crippen LogP contribution >= 0.6 is 11.6 Å². The number of amides is 2. The number of ether oxygens (including phenoxy) is 1. The van der Waals surface area contributed by atoms with Gasteiger partial charge >= 0.3 is 0 Å². The van der Waals surface area contributed by atoms with Crippen LogP contribution in [0.4, 0.5) is 11.5 Å². The zero-order valence-corrected chi connectivity index (χ0v) is 18.3. The highest BCUT2D eigenvalue weighted by Gasteiger charge is 2.37. The summed E-state index contributed by atoms with van der Waals surface area (Å²) < 4.78 is 6.88. The molecule has 2 aromatic carbocycles. The first kappa shape index (κ1) is 21.4. The van der Waals surface area contributed by atoms with Gasteiger partial charge in [0.2, 0.25) is 11.8 Å². The molecule has 0 bridgehead atoms. The Bertz CT molecular complexity index is 1230. The van der Waals surface area contributed by atoms with E-state index in [0.29, 0.717) is 33.5 Å². The minimum Gasteiger partial charge on any atom is -0.495 e. The number of carbonyl (C=O) groups excluding carboxylic acids is 2. The number of aromatic nitrogens is 2. The predicted molar refractivity (Wildman–Crippen MR) is 120 cm³/mol. The SMILES string of the molecule is COc1ccc(Cl)cc1N1CC(C(=O)Nc2c(C)c(C#N)nn2-c2ccccc2)CC1=O. The van der Waals surface area contributed by atoms with E-state index in [2.05, 4.69) is 16.5 Å². The molecule has 1 aliphatic heterocycles. The van der Waals surface area contributed by atoms with Crippen LogP contribution in [0.2, 0.25) is 5.02 Å². The molecule has 8 nitrogen and oxygen atoms in total. The summed E-state index contributed by atoms with van der Waals surface area (Å²) in [6, 6.07) is 16.3. The number of nitriles is 1. The van der Waals surface area contributed by atoms with E-state index in [9.17, 15) is 14.9 Å². The fourth-order valence-corrected chi connectivity index (χ4v) is 3.88. The summed E-state index contributed by atoms with van der Waals surface area (Å²) in [6.45, 7) is 1.91. The highest BCUT2D eigenvalue weighted by molar-refractivity contribution is 6.31. The van der Waals surface area contributed by atoms with E-state index >= 15 is 0 Å². The van der Waals surface area contributed by atoms with Crippen molar-refractivity contribution in [3.05, 3.63) is 64.8 Å². The molecule has 1 fully saturated rings. The summed E-state index contributed by atoms with van der Waals surface area (Å²) in [5.74, 6) is -0.206. The maximum absolute atomic E-state index is 13.1. The third-order valence-corrected chi connectivity index (χ3v) is 5.63. The highest BCUT2D eigenvalue weighted by Crippen LogP contribution is 2.35. The molecule has 1 unspecified atom stereocenters. The van der Waals surface area contributed by atoms with E-state index in [1.54, 1.807) is 25.1 Å². The quantitative estimate of drug-likeness (QED) is 0.640. The Hall–Kier alpha value is -3.83. The van der Waals surface area contributed by atoms with Crippen LogP contribution in [0.15, 0.2) is 48.5 Å². The molecule has 0 aliphatic carbocycles. The van der Waals surface area contributed by atoms with Crippen LogP contribution < -0.4 is 15.0 Å². The molecule has 3 aromatic rings. The normalized spacial score (nSPS) is 15.5. The summed E-state index contributed by atoms with van der Waals surface area (Å²) >= 11 is 6.11. The molecule has 0 radical (unpaired) electrons. The largest absolute Gasteiger partial charge is 0.495 e. The van der Waals surface area contributed by atoms with E-state index in [1.165, 1.54) is 16.7 Å². The van der Waals surface area contributed by atoms with E-state index in [1.807, 2.05) is 30.3 Å². The van der Waals surface area contributed by atoms with Crippen molar-refractivity contribution < 1.29 is 14.3 Å². The van der Waals surface area contributed by atoms with Crippen molar-refractivity contribution in [3.8, 4) is 17.5 Å². The van der Waals surface area contributed by atoms with Gasteiger partial charge in [0, 0.05) is 23.6 Å². The number of nitrogens with one attached hydrogen (secondary N) is 1. The van der Waals surface area contributed by atoms with Gasteiger partial charge in [0.25, 0.3) is 0 Å². The number of halogens is 1. The first-order valence-corrected chi connectivity index (χ1v) is 10.3. The molecule has 1 atom stereocenters. The van der Waals surface area contributed by atoms with E-state index in [0.717, 1.165) is 0 Å². The summed E-state index contributed by atoms with van der Waals surface area (Å²) in [4.78, 5) is 27.3. The number of carbonyl (C=O) groups is 2. The Morgan fingerprint density at radius 3 is 2.72 bits per heavy atom. The van der Waals surface area contributed by atoms with E-state index in [4.69, 9.17) is 16.3 Å². The van der Waals surface area contributed by atoms with E-state index < -0.39 is 5.92 Å². The number of anilines is 2. The van der Waals surface area contributed by atoms with Gasteiger partial charge in [-0.25, -0.2) is 4.68 Å². The maximum atomic E-state index is 13.1. The Labute approximate surface area is 190 Å². The molecule has 4 rings (SSSR count). The molecule has 32 heavy (non-hydrogen) atoms. The molecule has 1 N–H and O–H groups in total. The first-order chi connectivity index (χ1) is 15.4. The van der Waals surface area contributed by atoms with Crippen molar-refractivity contribution >= 4 is 34.9 Å². The third-order valence-electron chi connectivity index (χ3n) is 5.40. The molecule has 1 aliphatic rings. The van der Waals surface area contributed by atoms with Crippen molar-refractivity contribution in [2.24, 2.45) is 5.92 Å². The average Bonchev–Trinajstić information content (AvgIpc) is 3.34. The fourth-order valence-electron chi connectivity index (χ4n) is 3.71. The lowest BCUT2D eigenvalue weighted by molar-refractivity contribution is -0.122. The van der Waals surface area contributed by atoms with Crippen molar-refractivity contribution in [3.63, 3.8) is 0 Å². The molecule has 0 spiro atoms. The van der Waals surface area contributed by atoms with E-state index in [-0.39, 0.29) is 30.5 Å². The Morgan fingerprint density at radius 1 is 1.28 bits per heavy atom. The average molecular weight is 450 g/mol. The van der Waals surface area contributed by atoms with Crippen LogP contribution in [-0.2, 0) is 9.59 Å². The molecular weight excluding hydrogens is 430 g/mol. The fraction of sp³-hybridized carbons (Fsp3) is 0.217. The molecule has 162 valence electrons. The smallest absolute Gasteiger partial charge is 0.230 e. The number of hydrogen-bond donors (Lipinski definition) is 1. The Kier molecular flexibility index (Phi) is 5.84. The standard InChI is InChI=1S/C23H20ClN5O3/c1-14-18(12-25)27-29(17-6-4-3-5-7-17)22(14)26-23(31)15-10-21(30)28(13-15)19-11-16(24)8-9-20(19)32-2/h3-9,11,15H,10,13H2,1-2H3,(H,26,31). The lowest BCUT2D eigenvalue weighted by Crippen LogP contribution is -2.29. The van der Waals surface area contributed by atoms with Crippen LogP contribution in [0.1, 0.15) is 17.7 Å². The van der Waals surface area contributed by atoms with Crippen LogP contribution in [-0.4, -0.2) is 35.2 Å². The number of para-hydroxylation sites is 1. The molecule has 0 saturated carbocycles. The maximum Gasteiger partial charge on any atom is 0.230 e. The van der Waals surface area contributed by atoms with Crippen molar-refractivity contribution in [2.75, 3.05) is 23.9 Å². The third kappa shape index (κ3) is 3.90. The van der Waals surface area contributed by atoms with Gasteiger partial charge in [0.15, 0.2) is 5.69 Å². The highest BCUT2D eigenvalue weighted by atomic mass is 35.5. The van der Waals surface area contributed by atoms with Gasteiger partial charge in [-0.3, -0.25) is 9.59 Å². The second-order valence-corrected chi connectivity index (χ2v) is 7.83. The molecule has 2 heterocycles. The second-order valence-electron chi connectivity index (χ2n) is 7.39. The zero-order chi connectivity index (χ0) is 22.8. The molecule has 9 heteroatoms. The molecule has 1 aromatic heterocycles. The number of benzene rings is 2. The zero-order valence-electron chi connectivity index (χ0n) is 17.5. The number of rotatable bonds is 5. The number of hydrogen-bond acceptors (Lipinski definition) is 5.